The zero-order valence-electron chi connectivity index (χ0n) is 11.8. The number of likely N-dealkylation sites (tertiary alicyclic amines) is 1. The molecular weight excluding hydrogens is 258 g/mol. The summed E-state index contributed by atoms with van der Waals surface area (Å²) in [6.45, 7) is 1.71. The van der Waals surface area contributed by atoms with Gasteiger partial charge >= 0.3 is 11.9 Å². The van der Waals surface area contributed by atoms with Gasteiger partial charge in [-0.15, -0.1) is 0 Å². The van der Waals surface area contributed by atoms with E-state index in [0.717, 1.165) is 5.56 Å². The Kier molecular flexibility index (Phi) is 4.39. The normalized spacial score (nSPS) is 17.7. The summed E-state index contributed by atoms with van der Waals surface area (Å²) in [6.07, 6.45) is 0.430. The van der Waals surface area contributed by atoms with Gasteiger partial charge in [-0.2, -0.15) is 0 Å². The molecule has 1 aliphatic rings. The summed E-state index contributed by atoms with van der Waals surface area (Å²) >= 11 is 0. The molecule has 108 valence electrons. The summed E-state index contributed by atoms with van der Waals surface area (Å²) in [5.74, 6) is -1.03. The van der Waals surface area contributed by atoms with E-state index in [4.69, 9.17) is 9.47 Å². The SMILES string of the molecule is COC(=O)C1(C(=O)OC)CCN(Cc2ccccc2)C1. The number of hydrogen-bond donors (Lipinski definition) is 0. The van der Waals surface area contributed by atoms with Crippen LogP contribution in [-0.4, -0.2) is 44.1 Å². The molecule has 1 aromatic rings. The molecule has 0 spiro atoms. The van der Waals surface area contributed by atoms with Crippen LogP contribution in [0.4, 0.5) is 0 Å². The molecule has 0 radical (unpaired) electrons. The molecule has 0 aliphatic carbocycles. The van der Waals surface area contributed by atoms with Crippen LogP contribution in [0, 0.1) is 5.41 Å². The third kappa shape index (κ3) is 2.67. The van der Waals surface area contributed by atoms with Crippen molar-refractivity contribution in [2.24, 2.45) is 5.41 Å². The molecule has 0 aromatic heterocycles. The first-order chi connectivity index (χ1) is 9.62. The average molecular weight is 277 g/mol. The van der Waals surface area contributed by atoms with Crippen molar-refractivity contribution in [1.29, 1.82) is 0 Å². The van der Waals surface area contributed by atoms with Crippen LogP contribution in [0.1, 0.15) is 12.0 Å². The number of rotatable bonds is 4. The van der Waals surface area contributed by atoms with Crippen molar-refractivity contribution < 1.29 is 19.1 Å². The van der Waals surface area contributed by atoms with Crippen molar-refractivity contribution in [2.45, 2.75) is 13.0 Å². The fraction of sp³-hybridized carbons (Fsp3) is 0.467. The summed E-state index contributed by atoms with van der Waals surface area (Å²) in [4.78, 5) is 26.0. The fourth-order valence-corrected chi connectivity index (χ4v) is 2.67. The molecule has 0 N–H and O–H groups in total. The van der Waals surface area contributed by atoms with E-state index in [-0.39, 0.29) is 0 Å². The Morgan fingerprint density at radius 2 is 1.75 bits per heavy atom. The number of methoxy groups -OCH3 is 2. The second kappa shape index (κ2) is 6.05. The predicted molar refractivity (Wildman–Crippen MR) is 72.8 cm³/mol. The van der Waals surface area contributed by atoms with Crippen LogP contribution in [0.2, 0.25) is 0 Å². The highest BCUT2D eigenvalue weighted by Crippen LogP contribution is 2.34. The summed E-state index contributed by atoms with van der Waals surface area (Å²) in [5.41, 5.74) is -0.0313. The maximum Gasteiger partial charge on any atom is 0.324 e. The van der Waals surface area contributed by atoms with Crippen LogP contribution in [-0.2, 0) is 25.6 Å². The third-order valence-electron chi connectivity index (χ3n) is 3.75. The Labute approximate surface area is 118 Å². The number of benzene rings is 1. The van der Waals surface area contributed by atoms with Gasteiger partial charge in [-0.05, 0) is 12.0 Å². The van der Waals surface area contributed by atoms with Gasteiger partial charge in [-0.3, -0.25) is 14.5 Å². The van der Waals surface area contributed by atoms with Crippen LogP contribution in [0.25, 0.3) is 0 Å². The van der Waals surface area contributed by atoms with E-state index in [1.807, 2.05) is 30.3 Å². The summed E-state index contributed by atoms with van der Waals surface area (Å²) in [7, 11) is 2.60. The van der Waals surface area contributed by atoms with Gasteiger partial charge in [-0.25, -0.2) is 0 Å². The quantitative estimate of drug-likeness (QED) is 0.612. The first-order valence-electron chi connectivity index (χ1n) is 6.55. The number of ether oxygens (including phenoxy) is 2. The number of esters is 2. The van der Waals surface area contributed by atoms with Crippen molar-refractivity contribution >= 4 is 11.9 Å². The van der Waals surface area contributed by atoms with Gasteiger partial charge in [0.2, 0.25) is 0 Å². The maximum absolute atomic E-state index is 12.0. The van der Waals surface area contributed by atoms with E-state index in [0.29, 0.717) is 26.1 Å². The molecule has 5 nitrogen and oxygen atoms in total. The molecule has 1 heterocycles. The zero-order chi connectivity index (χ0) is 14.6. The minimum absolute atomic E-state index is 0.335. The standard InChI is InChI=1S/C15H19NO4/c1-19-13(17)15(14(18)20-2)8-9-16(11-15)10-12-6-4-3-5-7-12/h3-7H,8-11H2,1-2H3. The van der Waals surface area contributed by atoms with Gasteiger partial charge in [0, 0.05) is 19.6 Å². The molecule has 0 unspecified atom stereocenters. The smallest absolute Gasteiger partial charge is 0.324 e. The molecule has 0 saturated carbocycles. The summed E-state index contributed by atoms with van der Waals surface area (Å²) < 4.78 is 9.59. The lowest BCUT2D eigenvalue weighted by Gasteiger charge is -2.23. The number of nitrogens with zero attached hydrogens (tertiary/aromatic N) is 1. The molecular formula is C15H19NO4. The average Bonchev–Trinajstić information content (AvgIpc) is 2.91. The zero-order valence-corrected chi connectivity index (χ0v) is 11.8. The van der Waals surface area contributed by atoms with Crippen LogP contribution < -0.4 is 0 Å². The predicted octanol–water partition coefficient (Wildman–Crippen LogP) is 1.22. The highest BCUT2D eigenvalue weighted by atomic mass is 16.5. The number of carbonyl (C=O) groups is 2. The summed E-state index contributed by atoms with van der Waals surface area (Å²) in [5, 5.41) is 0. The van der Waals surface area contributed by atoms with Gasteiger partial charge in [0.15, 0.2) is 5.41 Å². The number of hydrogen-bond acceptors (Lipinski definition) is 5. The van der Waals surface area contributed by atoms with Crippen molar-refractivity contribution in [3.63, 3.8) is 0 Å². The molecule has 20 heavy (non-hydrogen) atoms. The molecule has 0 amide bonds. The lowest BCUT2D eigenvalue weighted by Crippen LogP contribution is -2.43. The van der Waals surface area contributed by atoms with Gasteiger partial charge in [-0.1, -0.05) is 30.3 Å². The Morgan fingerprint density at radius 3 is 2.30 bits per heavy atom. The van der Waals surface area contributed by atoms with Crippen LogP contribution >= 0.6 is 0 Å². The highest BCUT2D eigenvalue weighted by molar-refractivity contribution is 6.00. The molecule has 0 atom stereocenters. The van der Waals surface area contributed by atoms with E-state index in [2.05, 4.69) is 4.90 Å². The van der Waals surface area contributed by atoms with Gasteiger partial charge in [0.05, 0.1) is 14.2 Å². The van der Waals surface area contributed by atoms with E-state index in [1.54, 1.807) is 0 Å². The largest absolute Gasteiger partial charge is 0.468 e. The molecule has 1 fully saturated rings. The monoisotopic (exact) mass is 277 g/mol. The molecule has 1 saturated heterocycles. The van der Waals surface area contributed by atoms with Crippen molar-refractivity contribution in [1.82, 2.24) is 4.90 Å². The third-order valence-corrected chi connectivity index (χ3v) is 3.75. The highest BCUT2D eigenvalue weighted by Gasteiger charge is 2.53. The fourth-order valence-electron chi connectivity index (χ4n) is 2.67. The maximum atomic E-state index is 12.0. The topological polar surface area (TPSA) is 55.8 Å². The summed E-state index contributed by atoms with van der Waals surface area (Å²) in [6, 6.07) is 9.95. The van der Waals surface area contributed by atoms with Crippen molar-refractivity contribution in [2.75, 3.05) is 27.3 Å². The Morgan fingerprint density at radius 1 is 1.15 bits per heavy atom. The molecule has 1 aliphatic heterocycles. The van der Waals surface area contributed by atoms with Crippen LogP contribution in [0.3, 0.4) is 0 Å². The van der Waals surface area contributed by atoms with Gasteiger partial charge < -0.3 is 9.47 Å². The minimum Gasteiger partial charge on any atom is -0.468 e. The van der Waals surface area contributed by atoms with E-state index >= 15 is 0 Å². The van der Waals surface area contributed by atoms with Gasteiger partial charge in [0.1, 0.15) is 0 Å². The minimum atomic E-state index is -1.18. The van der Waals surface area contributed by atoms with Crippen molar-refractivity contribution in [3.8, 4) is 0 Å². The Hall–Kier alpha value is -1.88. The van der Waals surface area contributed by atoms with Gasteiger partial charge in [0.25, 0.3) is 0 Å². The molecule has 2 rings (SSSR count). The lowest BCUT2D eigenvalue weighted by atomic mass is 9.87. The first-order valence-corrected chi connectivity index (χ1v) is 6.55. The Bertz CT molecular complexity index is 470. The van der Waals surface area contributed by atoms with Crippen LogP contribution in [0.5, 0.6) is 0 Å². The lowest BCUT2D eigenvalue weighted by molar-refractivity contribution is -0.168. The second-order valence-electron chi connectivity index (χ2n) is 5.01. The first kappa shape index (κ1) is 14.5. The van der Waals surface area contributed by atoms with Crippen molar-refractivity contribution in [3.05, 3.63) is 35.9 Å². The molecule has 1 aromatic carbocycles. The van der Waals surface area contributed by atoms with E-state index in [1.165, 1.54) is 14.2 Å². The molecule has 0 bridgehead atoms. The number of carbonyl (C=O) groups excluding carboxylic acids is 2. The van der Waals surface area contributed by atoms with Crippen LogP contribution in [0.15, 0.2) is 30.3 Å². The van der Waals surface area contributed by atoms with E-state index < -0.39 is 17.4 Å². The molecule has 5 heteroatoms. The van der Waals surface area contributed by atoms with E-state index in [9.17, 15) is 9.59 Å². The Balaban J connectivity index is 2.11. The second-order valence-corrected chi connectivity index (χ2v) is 5.01.